The first-order chi connectivity index (χ1) is 17.6. The lowest BCUT2D eigenvalue weighted by molar-refractivity contribution is 0.102. The normalized spacial score (nSPS) is 13.2. The van der Waals surface area contributed by atoms with Crippen molar-refractivity contribution in [2.75, 3.05) is 22.3 Å². The van der Waals surface area contributed by atoms with Crippen LogP contribution >= 0.6 is 0 Å². The predicted octanol–water partition coefficient (Wildman–Crippen LogP) is 5.47. The SMILES string of the molecule is N=C(c1ccc(NC(=O)c2ccc3c(c2)OCO3)cc1)N1C(=N)c2ccccc2Nc2ncccc21.[HH].[HH]. The molecule has 9 heteroatoms. The van der Waals surface area contributed by atoms with E-state index in [0.717, 1.165) is 5.69 Å². The van der Waals surface area contributed by atoms with Gasteiger partial charge in [0.2, 0.25) is 6.79 Å². The first-order valence-corrected chi connectivity index (χ1v) is 11.2. The Hall–Kier alpha value is -5.18. The number of hydrogen-bond acceptors (Lipinski definition) is 7. The highest BCUT2D eigenvalue weighted by Gasteiger charge is 2.28. The van der Waals surface area contributed by atoms with Gasteiger partial charge in [-0.3, -0.25) is 20.5 Å². The molecule has 6 rings (SSSR count). The van der Waals surface area contributed by atoms with Gasteiger partial charge in [0.1, 0.15) is 11.7 Å². The maximum Gasteiger partial charge on any atom is 0.255 e. The second kappa shape index (κ2) is 8.55. The largest absolute Gasteiger partial charge is 0.454 e. The fraction of sp³-hybridized carbons (Fsp3) is 0.0370. The highest BCUT2D eigenvalue weighted by atomic mass is 16.7. The van der Waals surface area contributed by atoms with Crippen LogP contribution in [0.5, 0.6) is 11.5 Å². The molecule has 0 bridgehead atoms. The number of nitrogens with zero attached hydrogens (tertiary/aromatic N) is 2. The molecule has 4 N–H and O–H groups in total. The zero-order chi connectivity index (χ0) is 24.6. The van der Waals surface area contributed by atoms with Crippen LogP contribution in [0.25, 0.3) is 0 Å². The molecule has 2 aliphatic heterocycles. The average Bonchev–Trinajstić information content (AvgIpc) is 3.34. The Labute approximate surface area is 209 Å². The lowest BCUT2D eigenvalue weighted by Gasteiger charge is -2.25. The zero-order valence-electron chi connectivity index (χ0n) is 18.9. The van der Waals surface area contributed by atoms with Crippen molar-refractivity contribution in [3.05, 3.63) is 102 Å². The minimum absolute atomic E-state index is 0. The fourth-order valence-corrected chi connectivity index (χ4v) is 4.15. The maximum atomic E-state index is 12.7. The highest BCUT2D eigenvalue weighted by molar-refractivity contribution is 6.30. The summed E-state index contributed by atoms with van der Waals surface area (Å²) in [7, 11) is 0. The van der Waals surface area contributed by atoms with Crippen molar-refractivity contribution in [3.8, 4) is 11.5 Å². The predicted molar refractivity (Wildman–Crippen MR) is 141 cm³/mol. The number of anilines is 4. The summed E-state index contributed by atoms with van der Waals surface area (Å²) in [5.41, 5.74) is 3.62. The topological polar surface area (TPSA) is 123 Å². The van der Waals surface area contributed by atoms with Gasteiger partial charge in [0, 0.05) is 31.4 Å². The number of aromatic nitrogens is 1. The number of amides is 1. The van der Waals surface area contributed by atoms with Gasteiger partial charge < -0.3 is 20.1 Å². The van der Waals surface area contributed by atoms with Crippen molar-refractivity contribution in [1.82, 2.24) is 4.98 Å². The van der Waals surface area contributed by atoms with E-state index in [1.54, 1.807) is 59.6 Å². The van der Waals surface area contributed by atoms with Gasteiger partial charge in [-0.25, -0.2) is 4.98 Å². The summed E-state index contributed by atoms with van der Waals surface area (Å²) in [5, 5.41) is 24.0. The summed E-state index contributed by atoms with van der Waals surface area (Å²) < 4.78 is 10.6. The Kier molecular flexibility index (Phi) is 5.07. The van der Waals surface area contributed by atoms with Gasteiger partial charge in [0.25, 0.3) is 5.91 Å². The molecule has 0 saturated heterocycles. The molecule has 36 heavy (non-hydrogen) atoms. The van der Waals surface area contributed by atoms with Crippen LogP contribution < -0.4 is 25.0 Å². The van der Waals surface area contributed by atoms with Crippen molar-refractivity contribution in [1.29, 1.82) is 10.8 Å². The van der Waals surface area contributed by atoms with E-state index in [-0.39, 0.29) is 27.2 Å². The summed E-state index contributed by atoms with van der Waals surface area (Å²) >= 11 is 0. The van der Waals surface area contributed by atoms with E-state index in [0.29, 0.717) is 45.4 Å². The Bertz CT molecular complexity index is 1540. The minimum atomic E-state index is -0.284. The number of rotatable bonds is 3. The number of carbonyl (C=O) groups is 1. The lowest BCUT2D eigenvalue weighted by Crippen LogP contribution is -2.36. The molecule has 0 spiro atoms. The van der Waals surface area contributed by atoms with Gasteiger partial charge in [-0.1, -0.05) is 12.1 Å². The second-order valence-corrected chi connectivity index (χ2v) is 8.17. The number of benzene rings is 3. The highest BCUT2D eigenvalue weighted by Crippen LogP contribution is 2.35. The van der Waals surface area contributed by atoms with E-state index in [1.807, 2.05) is 30.3 Å². The molecule has 1 aromatic heterocycles. The Morgan fingerprint density at radius 2 is 1.75 bits per heavy atom. The number of nitrogens with one attached hydrogen (secondary N) is 4. The second-order valence-electron chi connectivity index (χ2n) is 8.17. The van der Waals surface area contributed by atoms with Gasteiger partial charge in [0.05, 0.1) is 11.4 Å². The zero-order valence-corrected chi connectivity index (χ0v) is 18.9. The van der Waals surface area contributed by atoms with Crippen LogP contribution in [0.15, 0.2) is 85.1 Å². The number of amidine groups is 2. The summed E-state index contributed by atoms with van der Waals surface area (Å²) in [5.74, 6) is 1.70. The quantitative estimate of drug-likeness (QED) is 0.228. The minimum Gasteiger partial charge on any atom is -0.454 e. The van der Waals surface area contributed by atoms with Gasteiger partial charge in [0.15, 0.2) is 17.3 Å². The van der Waals surface area contributed by atoms with Gasteiger partial charge in [-0.2, -0.15) is 0 Å². The van der Waals surface area contributed by atoms with Crippen LogP contribution in [0.2, 0.25) is 0 Å². The lowest BCUT2D eigenvalue weighted by atomic mass is 10.1. The van der Waals surface area contributed by atoms with Crippen molar-refractivity contribution < 1.29 is 17.1 Å². The van der Waals surface area contributed by atoms with Gasteiger partial charge >= 0.3 is 0 Å². The molecule has 180 valence electrons. The summed E-state index contributed by atoms with van der Waals surface area (Å²) in [4.78, 5) is 18.7. The van der Waals surface area contributed by atoms with Crippen molar-refractivity contribution in [2.24, 2.45) is 0 Å². The first-order valence-electron chi connectivity index (χ1n) is 11.2. The molecule has 9 nitrogen and oxygen atoms in total. The molecule has 0 saturated carbocycles. The fourth-order valence-electron chi connectivity index (χ4n) is 4.15. The number of fused-ring (bicyclic) bond motifs is 3. The molecular formula is C27H24N6O3. The van der Waals surface area contributed by atoms with E-state index >= 15 is 0 Å². The summed E-state index contributed by atoms with van der Waals surface area (Å²) in [6, 6.07) is 23.0. The monoisotopic (exact) mass is 480 g/mol. The molecule has 3 heterocycles. The third kappa shape index (κ3) is 3.68. The molecule has 1 amide bonds. The molecule has 4 aromatic rings. The molecule has 0 aliphatic carbocycles. The van der Waals surface area contributed by atoms with Crippen molar-refractivity contribution in [3.63, 3.8) is 0 Å². The standard InChI is InChI=1S/C27H20N6O3.2H2/c28-24(33-21-6-3-13-30-26(21)32-20-5-2-1-4-19(20)25(33)29)16-7-10-18(11-8-16)31-27(34)17-9-12-22-23(14-17)36-15-35-22;;/h1-14,28-29H,15H2,(H,30,32)(H,31,34);2*1H. The van der Waals surface area contributed by atoms with Crippen LogP contribution in [0.1, 0.15) is 24.3 Å². The van der Waals surface area contributed by atoms with Crippen molar-refractivity contribution >= 4 is 40.5 Å². The number of ether oxygens (including phenoxy) is 2. The number of pyridine rings is 1. The van der Waals surface area contributed by atoms with E-state index in [9.17, 15) is 4.79 Å². The molecule has 0 unspecified atom stereocenters. The molecule has 0 atom stereocenters. The smallest absolute Gasteiger partial charge is 0.255 e. The van der Waals surface area contributed by atoms with Crippen molar-refractivity contribution in [2.45, 2.75) is 0 Å². The molecular weight excluding hydrogens is 456 g/mol. The Morgan fingerprint density at radius 3 is 2.61 bits per heavy atom. The Morgan fingerprint density at radius 1 is 0.972 bits per heavy atom. The van der Waals surface area contributed by atoms with Crippen LogP contribution in [-0.2, 0) is 0 Å². The average molecular weight is 481 g/mol. The summed E-state index contributed by atoms with van der Waals surface area (Å²) in [6.07, 6.45) is 1.67. The molecule has 3 aromatic carbocycles. The van der Waals surface area contributed by atoms with E-state index < -0.39 is 0 Å². The van der Waals surface area contributed by atoms with Gasteiger partial charge in [-0.05, 0) is 66.7 Å². The summed E-state index contributed by atoms with van der Waals surface area (Å²) in [6.45, 7) is 0.143. The van der Waals surface area contributed by atoms with Crippen LogP contribution in [0.3, 0.4) is 0 Å². The Balaban J connectivity index is 0.00000168. The first kappa shape index (κ1) is 21.4. The van der Waals surface area contributed by atoms with Crippen LogP contribution in [0.4, 0.5) is 22.9 Å². The third-order valence-corrected chi connectivity index (χ3v) is 5.96. The molecule has 0 fully saturated rings. The third-order valence-electron chi connectivity index (χ3n) is 5.96. The molecule has 0 radical (unpaired) electrons. The van der Waals surface area contributed by atoms with E-state index in [1.165, 1.54) is 0 Å². The van der Waals surface area contributed by atoms with Crippen LogP contribution in [-0.4, -0.2) is 29.4 Å². The number of para-hydroxylation sites is 1. The maximum absolute atomic E-state index is 12.7. The van der Waals surface area contributed by atoms with E-state index in [2.05, 4.69) is 15.6 Å². The van der Waals surface area contributed by atoms with E-state index in [4.69, 9.17) is 20.3 Å². The van der Waals surface area contributed by atoms with Crippen LogP contribution in [0, 0.1) is 10.8 Å². The van der Waals surface area contributed by atoms with Gasteiger partial charge in [-0.15, -0.1) is 0 Å². The number of carbonyl (C=O) groups excluding carboxylic acids is 1. The number of hydrogen-bond donors (Lipinski definition) is 4. The molecule has 2 aliphatic rings.